The van der Waals surface area contributed by atoms with Crippen LogP contribution in [0.5, 0.6) is 0 Å². The summed E-state index contributed by atoms with van der Waals surface area (Å²) in [6, 6.07) is 8.61. The number of nitrogens with zero attached hydrogens (tertiary/aromatic N) is 1. The number of benzene rings is 2. The van der Waals surface area contributed by atoms with E-state index in [1.807, 2.05) is 0 Å². The lowest BCUT2D eigenvalue weighted by Crippen LogP contribution is -2.33. The summed E-state index contributed by atoms with van der Waals surface area (Å²) in [5, 5.41) is 0.890. The van der Waals surface area contributed by atoms with Crippen molar-refractivity contribution < 1.29 is 26.8 Å². The van der Waals surface area contributed by atoms with Gasteiger partial charge in [-0.3, -0.25) is 13.7 Å². The number of aromatic amines is 1. The van der Waals surface area contributed by atoms with Crippen LogP contribution < -0.4 is 4.31 Å². The highest BCUT2D eigenvalue weighted by molar-refractivity contribution is 7.93. The molecular formula is C21H23Cl2N2O6PS. The molecule has 0 amide bonds. The normalized spacial score (nSPS) is 12.3. The van der Waals surface area contributed by atoms with Crippen LogP contribution in [-0.2, 0) is 23.6 Å². The number of rotatable bonds is 10. The molecule has 0 saturated carbocycles. The first kappa shape index (κ1) is 25.7. The second kappa shape index (κ2) is 10.2. The summed E-state index contributed by atoms with van der Waals surface area (Å²) in [4.78, 5) is 14.6. The molecule has 1 heterocycles. The Balaban J connectivity index is 2.19. The highest BCUT2D eigenvalue weighted by atomic mass is 35.5. The number of carbonyl (C=O) groups excluding carboxylic acids is 1. The highest BCUT2D eigenvalue weighted by Crippen LogP contribution is 2.50. The monoisotopic (exact) mass is 532 g/mol. The third-order valence-electron chi connectivity index (χ3n) is 4.71. The molecule has 1 aromatic heterocycles. The van der Waals surface area contributed by atoms with Gasteiger partial charge < -0.3 is 14.0 Å². The summed E-state index contributed by atoms with van der Waals surface area (Å²) >= 11 is 12.1. The Morgan fingerprint density at radius 3 is 2.21 bits per heavy atom. The summed E-state index contributed by atoms with van der Waals surface area (Å²) in [5.74, 6) is -0.135. The van der Waals surface area contributed by atoms with Crippen molar-refractivity contribution in [3.8, 4) is 0 Å². The van der Waals surface area contributed by atoms with Gasteiger partial charge >= 0.3 is 7.60 Å². The van der Waals surface area contributed by atoms with Gasteiger partial charge in [-0.25, -0.2) is 8.42 Å². The van der Waals surface area contributed by atoms with Crippen molar-refractivity contribution in [2.24, 2.45) is 0 Å². The standard InChI is InChI=1S/C21H23Cl2N2O6PS/c1-4-30-32(27,31-5-2)13-25(33(28,29)18-9-15(22)8-16(23)10-18)17-6-7-19-20(14(3)26)12-24-21(19)11-17/h6-12,24H,4-5,13H2,1-3H3. The number of ketones is 1. The molecule has 3 rings (SSSR count). The third kappa shape index (κ3) is 5.62. The zero-order chi connectivity index (χ0) is 24.4. The predicted octanol–water partition coefficient (Wildman–Crippen LogP) is 6.10. The van der Waals surface area contributed by atoms with Crippen LogP contribution in [0.2, 0.25) is 10.0 Å². The first-order valence-electron chi connectivity index (χ1n) is 9.99. The van der Waals surface area contributed by atoms with Crippen LogP contribution in [-0.4, -0.2) is 38.7 Å². The van der Waals surface area contributed by atoms with Gasteiger partial charge in [0.1, 0.15) is 6.29 Å². The van der Waals surface area contributed by atoms with Gasteiger partial charge in [0.15, 0.2) is 5.78 Å². The Morgan fingerprint density at radius 2 is 1.67 bits per heavy atom. The number of hydrogen-bond donors (Lipinski definition) is 1. The molecule has 0 aliphatic rings. The summed E-state index contributed by atoms with van der Waals surface area (Å²) in [6.07, 6.45) is 0.977. The smallest absolute Gasteiger partial charge is 0.350 e. The second-order valence-corrected chi connectivity index (χ2v) is 11.8. The number of nitrogens with one attached hydrogen (secondary N) is 1. The molecule has 0 fully saturated rings. The summed E-state index contributed by atoms with van der Waals surface area (Å²) in [6.45, 7) is 4.83. The molecule has 0 aliphatic carbocycles. The summed E-state index contributed by atoms with van der Waals surface area (Å²) < 4.78 is 52.3. The van der Waals surface area contributed by atoms with E-state index >= 15 is 0 Å². The van der Waals surface area contributed by atoms with E-state index in [0.29, 0.717) is 16.5 Å². The van der Waals surface area contributed by atoms with Gasteiger partial charge in [0.25, 0.3) is 10.0 Å². The van der Waals surface area contributed by atoms with Gasteiger partial charge in [-0.15, -0.1) is 0 Å². The minimum atomic E-state index is -4.30. The van der Waals surface area contributed by atoms with Crippen LogP contribution >= 0.6 is 30.8 Å². The van der Waals surface area contributed by atoms with Gasteiger partial charge in [0.2, 0.25) is 0 Å². The van der Waals surface area contributed by atoms with E-state index in [2.05, 4.69) is 4.98 Å². The Morgan fingerprint density at radius 1 is 1.06 bits per heavy atom. The number of sulfonamides is 1. The molecule has 0 spiro atoms. The minimum absolute atomic E-state index is 0.0613. The molecule has 178 valence electrons. The van der Waals surface area contributed by atoms with Crippen molar-refractivity contribution >= 4 is 63.2 Å². The van der Waals surface area contributed by atoms with Crippen molar-refractivity contribution in [2.45, 2.75) is 25.7 Å². The average molecular weight is 533 g/mol. The maximum atomic E-state index is 13.7. The topological polar surface area (TPSA) is 106 Å². The fourth-order valence-electron chi connectivity index (χ4n) is 3.33. The van der Waals surface area contributed by atoms with Crippen LogP contribution in [0.25, 0.3) is 10.9 Å². The minimum Gasteiger partial charge on any atom is -0.360 e. The van der Waals surface area contributed by atoms with Crippen molar-refractivity contribution in [3.05, 3.63) is 58.2 Å². The average Bonchev–Trinajstić information content (AvgIpc) is 3.15. The number of halogens is 2. The van der Waals surface area contributed by atoms with E-state index in [9.17, 15) is 17.8 Å². The molecule has 0 aliphatic heterocycles. The predicted molar refractivity (Wildman–Crippen MR) is 130 cm³/mol. The van der Waals surface area contributed by atoms with E-state index in [1.165, 1.54) is 31.2 Å². The highest BCUT2D eigenvalue weighted by Gasteiger charge is 2.35. The van der Waals surface area contributed by atoms with Gasteiger partial charge in [0.05, 0.1) is 23.8 Å². The lowest BCUT2D eigenvalue weighted by molar-refractivity contribution is 0.101. The molecule has 3 aromatic rings. The number of anilines is 1. The fourth-order valence-corrected chi connectivity index (χ4v) is 7.72. The summed E-state index contributed by atoms with van der Waals surface area (Å²) in [5.41, 5.74) is 1.20. The van der Waals surface area contributed by atoms with E-state index in [0.717, 1.165) is 4.31 Å². The SMILES string of the molecule is CCOP(=O)(CN(c1ccc2c(C(C)=O)c[nH]c2c1)S(=O)(=O)c1cc(Cl)cc(Cl)c1)OCC. The van der Waals surface area contributed by atoms with E-state index in [-0.39, 0.29) is 39.6 Å². The number of aromatic nitrogens is 1. The molecular weight excluding hydrogens is 510 g/mol. The van der Waals surface area contributed by atoms with Gasteiger partial charge in [0, 0.05) is 32.7 Å². The van der Waals surface area contributed by atoms with Gasteiger partial charge in [-0.2, -0.15) is 0 Å². The molecule has 1 N–H and O–H groups in total. The molecule has 33 heavy (non-hydrogen) atoms. The number of fused-ring (bicyclic) bond motifs is 1. The number of carbonyl (C=O) groups is 1. The number of H-pyrrole nitrogens is 1. The van der Waals surface area contributed by atoms with Gasteiger partial charge in [-0.1, -0.05) is 29.3 Å². The number of Topliss-reactive ketones (excluding diaryl/α,β-unsaturated/α-hetero) is 1. The van der Waals surface area contributed by atoms with Crippen LogP contribution in [0.4, 0.5) is 5.69 Å². The lowest BCUT2D eigenvalue weighted by Gasteiger charge is -2.28. The van der Waals surface area contributed by atoms with Crippen molar-refractivity contribution in [1.29, 1.82) is 0 Å². The molecule has 0 saturated heterocycles. The molecule has 2 aromatic carbocycles. The first-order valence-corrected chi connectivity index (χ1v) is 13.9. The van der Waals surface area contributed by atoms with Crippen LogP contribution in [0.15, 0.2) is 47.5 Å². The largest absolute Gasteiger partial charge is 0.360 e. The molecule has 0 unspecified atom stereocenters. The molecule has 12 heteroatoms. The quantitative estimate of drug-likeness (QED) is 0.250. The Labute approximate surface area is 202 Å². The zero-order valence-corrected chi connectivity index (χ0v) is 21.4. The molecule has 0 atom stereocenters. The lowest BCUT2D eigenvalue weighted by atomic mass is 10.1. The number of hydrogen-bond acceptors (Lipinski definition) is 6. The van der Waals surface area contributed by atoms with E-state index in [4.69, 9.17) is 32.2 Å². The fraction of sp³-hybridized carbons (Fsp3) is 0.286. The second-order valence-electron chi connectivity index (χ2n) is 7.04. The van der Waals surface area contributed by atoms with E-state index < -0.39 is 23.9 Å². The first-order chi connectivity index (χ1) is 15.5. The Bertz CT molecular complexity index is 1310. The van der Waals surface area contributed by atoms with Crippen LogP contribution in [0.3, 0.4) is 0 Å². The Hall–Kier alpha value is -1.87. The maximum absolute atomic E-state index is 13.7. The van der Waals surface area contributed by atoms with Gasteiger partial charge in [-0.05, 0) is 51.1 Å². The summed E-state index contributed by atoms with van der Waals surface area (Å²) in [7, 11) is -8.13. The van der Waals surface area contributed by atoms with E-state index in [1.54, 1.807) is 32.2 Å². The van der Waals surface area contributed by atoms with Crippen LogP contribution in [0.1, 0.15) is 31.1 Å². The molecule has 8 nitrogen and oxygen atoms in total. The maximum Gasteiger partial charge on any atom is 0.350 e. The molecule has 0 radical (unpaired) electrons. The molecule has 0 bridgehead atoms. The van der Waals surface area contributed by atoms with Crippen molar-refractivity contribution in [3.63, 3.8) is 0 Å². The van der Waals surface area contributed by atoms with Crippen molar-refractivity contribution in [1.82, 2.24) is 4.98 Å². The van der Waals surface area contributed by atoms with Crippen LogP contribution in [0, 0.1) is 0 Å². The Kier molecular flexibility index (Phi) is 7.94. The third-order valence-corrected chi connectivity index (χ3v) is 9.02. The van der Waals surface area contributed by atoms with Crippen molar-refractivity contribution in [2.75, 3.05) is 23.8 Å². The zero-order valence-electron chi connectivity index (χ0n) is 18.2.